The average molecular weight is 414 g/mol. The lowest BCUT2D eigenvalue weighted by atomic mass is 10.1. The first-order valence-corrected chi connectivity index (χ1v) is 9.42. The van der Waals surface area contributed by atoms with Gasteiger partial charge in [-0.3, -0.25) is 14.2 Å². The number of nitrogens with one attached hydrogen (secondary N) is 1. The van der Waals surface area contributed by atoms with E-state index < -0.39 is 36.1 Å². The van der Waals surface area contributed by atoms with Gasteiger partial charge in [0.15, 0.2) is 11.7 Å². The molecule has 0 aliphatic rings. The summed E-state index contributed by atoms with van der Waals surface area (Å²) >= 11 is 0. The molecule has 0 unspecified atom stereocenters. The van der Waals surface area contributed by atoms with E-state index in [0.29, 0.717) is 22.4 Å². The standard InChI is InChI=1S/C21H22N2O7/c1-5-28-20(26)17-11(2)18(22-12(17)3)19(25)13(4)29-16(24)10-23-14-8-6-7-9-15(14)30-21(23)27/h6-9,13,22H,5,10H2,1-4H3/t13-/m1/s1. The van der Waals surface area contributed by atoms with Crippen molar-refractivity contribution in [2.24, 2.45) is 0 Å². The Labute approximate surface area is 171 Å². The molecule has 0 aliphatic heterocycles. The number of aryl methyl sites for hydroxylation is 1. The number of ether oxygens (including phenoxy) is 2. The zero-order valence-electron chi connectivity index (χ0n) is 17.1. The number of carbonyl (C=O) groups is 3. The molecule has 0 aliphatic carbocycles. The molecule has 2 heterocycles. The molecule has 0 saturated heterocycles. The molecule has 0 amide bonds. The number of fused-ring (bicyclic) bond motifs is 1. The van der Waals surface area contributed by atoms with Gasteiger partial charge >= 0.3 is 17.7 Å². The number of aromatic amines is 1. The number of ketones is 1. The van der Waals surface area contributed by atoms with Crippen molar-refractivity contribution in [1.82, 2.24) is 9.55 Å². The van der Waals surface area contributed by atoms with E-state index in [1.54, 1.807) is 45.0 Å². The van der Waals surface area contributed by atoms with Crippen LogP contribution in [0.3, 0.4) is 0 Å². The number of H-pyrrole nitrogens is 1. The third-order valence-corrected chi connectivity index (χ3v) is 4.70. The fraction of sp³-hybridized carbons (Fsp3) is 0.333. The lowest BCUT2D eigenvalue weighted by Crippen LogP contribution is -2.29. The second-order valence-electron chi connectivity index (χ2n) is 6.76. The Balaban J connectivity index is 1.75. The van der Waals surface area contributed by atoms with Gasteiger partial charge in [-0.25, -0.2) is 9.59 Å². The van der Waals surface area contributed by atoms with Crippen molar-refractivity contribution in [2.75, 3.05) is 6.61 Å². The molecule has 30 heavy (non-hydrogen) atoms. The average Bonchev–Trinajstić information content (AvgIpc) is 3.17. The van der Waals surface area contributed by atoms with Crippen molar-refractivity contribution in [2.45, 2.75) is 40.3 Å². The number of Topliss-reactive ketones (excluding diaryl/α,β-unsaturated/α-hetero) is 1. The zero-order chi connectivity index (χ0) is 22.0. The minimum atomic E-state index is -1.13. The Morgan fingerprint density at radius 1 is 1.20 bits per heavy atom. The zero-order valence-corrected chi connectivity index (χ0v) is 17.1. The quantitative estimate of drug-likeness (QED) is 0.466. The van der Waals surface area contributed by atoms with Gasteiger partial charge in [-0.05, 0) is 45.4 Å². The third-order valence-electron chi connectivity index (χ3n) is 4.70. The first kappa shape index (κ1) is 21.1. The second kappa shape index (κ2) is 8.40. The van der Waals surface area contributed by atoms with Crippen LogP contribution in [0.1, 0.15) is 46.0 Å². The molecule has 9 heteroatoms. The number of benzene rings is 1. The van der Waals surface area contributed by atoms with Gasteiger partial charge in [-0.1, -0.05) is 12.1 Å². The minimum absolute atomic E-state index is 0.168. The smallest absolute Gasteiger partial charge is 0.420 e. The molecule has 1 atom stereocenters. The highest BCUT2D eigenvalue weighted by molar-refractivity contribution is 6.04. The SMILES string of the molecule is CCOC(=O)c1c(C)[nH]c(C(=O)[C@@H](C)OC(=O)Cn2c(=O)oc3ccccc32)c1C. The molecule has 3 rings (SSSR count). The van der Waals surface area contributed by atoms with Gasteiger partial charge < -0.3 is 18.9 Å². The maximum absolute atomic E-state index is 12.8. The lowest BCUT2D eigenvalue weighted by molar-refractivity contribution is -0.147. The summed E-state index contributed by atoms with van der Waals surface area (Å²) < 4.78 is 16.5. The van der Waals surface area contributed by atoms with Gasteiger partial charge in [0, 0.05) is 5.69 Å². The number of rotatable bonds is 7. The van der Waals surface area contributed by atoms with Crippen LogP contribution in [0.15, 0.2) is 33.5 Å². The van der Waals surface area contributed by atoms with Gasteiger partial charge in [0.2, 0.25) is 5.78 Å². The number of aromatic nitrogens is 2. The third kappa shape index (κ3) is 3.91. The minimum Gasteiger partial charge on any atom is -0.462 e. The van der Waals surface area contributed by atoms with Crippen LogP contribution >= 0.6 is 0 Å². The van der Waals surface area contributed by atoms with Crippen LogP contribution in [0.5, 0.6) is 0 Å². The Morgan fingerprint density at radius 2 is 1.90 bits per heavy atom. The second-order valence-corrected chi connectivity index (χ2v) is 6.76. The van der Waals surface area contributed by atoms with Crippen LogP contribution in [0.4, 0.5) is 0 Å². The van der Waals surface area contributed by atoms with Crippen LogP contribution in [0.2, 0.25) is 0 Å². The van der Waals surface area contributed by atoms with Gasteiger partial charge in [0.1, 0.15) is 6.54 Å². The molecule has 2 aromatic heterocycles. The highest BCUT2D eigenvalue weighted by Gasteiger charge is 2.28. The summed E-state index contributed by atoms with van der Waals surface area (Å²) in [6.07, 6.45) is -1.13. The van der Waals surface area contributed by atoms with Crippen LogP contribution in [0, 0.1) is 13.8 Å². The molecular weight excluding hydrogens is 392 g/mol. The van der Waals surface area contributed by atoms with Crippen LogP contribution in [0.25, 0.3) is 11.1 Å². The Morgan fingerprint density at radius 3 is 2.60 bits per heavy atom. The van der Waals surface area contributed by atoms with Crippen molar-refractivity contribution in [3.8, 4) is 0 Å². The molecular formula is C21H22N2O7. The van der Waals surface area contributed by atoms with Gasteiger partial charge in [0.25, 0.3) is 0 Å². The van der Waals surface area contributed by atoms with E-state index in [4.69, 9.17) is 13.9 Å². The largest absolute Gasteiger partial charge is 0.462 e. The molecule has 0 saturated carbocycles. The van der Waals surface area contributed by atoms with Gasteiger partial charge in [-0.2, -0.15) is 0 Å². The molecule has 1 N–H and O–H groups in total. The fourth-order valence-corrected chi connectivity index (χ4v) is 3.29. The predicted octanol–water partition coefficient (Wildman–Crippen LogP) is 2.53. The van der Waals surface area contributed by atoms with Crippen molar-refractivity contribution in [1.29, 1.82) is 0 Å². The number of para-hydroxylation sites is 2. The predicted molar refractivity (Wildman–Crippen MR) is 107 cm³/mol. The molecule has 0 bridgehead atoms. The Hall–Kier alpha value is -3.62. The highest BCUT2D eigenvalue weighted by Crippen LogP contribution is 2.21. The normalized spacial score (nSPS) is 12.0. The molecule has 3 aromatic rings. The van der Waals surface area contributed by atoms with Crippen LogP contribution < -0.4 is 5.76 Å². The Bertz CT molecular complexity index is 1180. The first-order chi connectivity index (χ1) is 14.2. The molecule has 0 spiro atoms. The van der Waals surface area contributed by atoms with Crippen LogP contribution in [-0.2, 0) is 20.8 Å². The maximum atomic E-state index is 12.8. The van der Waals surface area contributed by atoms with Crippen LogP contribution in [-0.4, -0.2) is 40.0 Å². The molecule has 1 aromatic carbocycles. The highest BCUT2D eigenvalue weighted by atomic mass is 16.5. The number of oxazole rings is 1. The van der Waals surface area contributed by atoms with Crippen molar-refractivity contribution >= 4 is 28.8 Å². The van der Waals surface area contributed by atoms with Crippen molar-refractivity contribution in [3.05, 3.63) is 57.3 Å². The summed E-state index contributed by atoms with van der Waals surface area (Å²) in [7, 11) is 0. The maximum Gasteiger partial charge on any atom is 0.420 e. The van der Waals surface area contributed by atoms with E-state index >= 15 is 0 Å². The lowest BCUT2D eigenvalue weighted by Gasteiger charge is -2.12. The van der Waals surface area contributed by atoms with Crippen molar-refractivity contribution < 1.29 is 28.3 Å². The number of hydrogen-bond acceptors (Lipinski definition) is 7. The fourth-order valence-electron chi connectivity index (χ4n) is 3.29. The van der Waals surface area contributed by atoms with E-state index in [9.17, 15) is 19.2 Å². The number of hydrogen-bond donors (Lipinski definition) is 1. The van der Waals surface area contributed by atoms with Gasteiger partial charge in [0.05, 0.1) is 23.4 Å². The molecule has 0 radical (unpaired) electrons. The van der Waals surface area contributed by atoms with E-state index in [0.717, 1.165) is 4.57 Å². The summed E-state index contributed by atoms with van der Waals surface area (Å²) in [5, 5.41) is 0. The molecule has 0 fully saturated rings. The van der Waals surface area contributed by atoms with Gasteiger partial charge in [-0.15, -0.1) is 0 Å². The number of nitrogens with zero attached hydrogens (tertiary/aromatic N) is 1. The summed E-state index contributed by atoms with van der Waals surface area (Å²) in [4.78, 5) is 52.1. The van der Waals surface area contributed by atoms with E-state index in [2.05, 4.69) is 4.98 Å². The summed E-state index contributed by atoms with van der Waals surface area (Å²) in [5.41, 5.74) is 2.17. The Kier molecular flexibility index (Phi) is 5.91. The first-order valence-electron chi connectivity index (χ1n) is 9.42. The molecule has 158 valence electrons. The van der Waals surface area contributed by atoms with E-state index in [-0.39, 0.29) is 17.9 Å². The van der Waals surface area contributed by atoms with E-state index in [1.165, 1.54) is 6.92 Å². The molecule has 9 nitrogen and oxygen atoms in total. The number of esters is 2. The summed E-state index contributed by atoms with van der Waals surface area (Å²) in [5.74, 6) is -2.49. The van der Waals surface area contributed by atoms with Crippen molar-refractivity contribution in [3.63, 3.8) is 0 Å². The number of carbonyl (C=O) groups excluding carboxylic acids is 3. The summed E-state index contributed by atoms with van der Waals surface area (Å²) in [6.45, 7) is 6.21. The monoisotopic (exact) mass is 414 g/mol. The topological polar surface area (TPSA) is 121 Å². The summed E-state index contributed by atoms with van der Waals surface area (Å²) in [6, 6.07) is 6.68. The van der Waals surface area contributed by atoms with E-state index in [1.807, 2.05) is 0 Å².